The van der Waals surface area contributed by atoms with Crippen LogP contribution in [0.1, 0.15) is 17.3 Å². The van der Waals surface area contributed by atoms with Gasteiger partial charge in [-0.2, -0.15) is 22.0 Å². The molecule has 0 aromatic carbocycles. The number of amides is 2. The van der Waals surface area contributed by atoms with Crippen LogP contribution < -0.4 is 5.32 Å². The van der Waals surface area contributed by atoms with Crippen molar-refractivity contribution in [2.24, 2.45) is 14.1 Å². The Morgan fingerprint density at radius 2 is 2.30 bits per heavy atom. The first-order valence-electron chi connectivity index (χ1n) is 7.73. The van der Waals surface area contributed by atoms with E-state index in [4.69, 9.17) is 0 Å². The maximum absolute atomic E-state index is 12.6. The number of carbonyl (C=O) groups is 1. The summed E-state index contributed by atoms with van der Waals surface area (Å²) < 4.78 is 3.62. The zero-order chi connectivity index (χ0) is 16.2. The second kappa shape index (κ2) is 7.08. The standard InChI is InChI=1S/C15H22N6OS/c1-19-10-12(9-18-19)14-11-23-8-7-21(14)15(22)16-5-3-13-4-6-17-20(13)2/h4,6,9-10,14H,3,5,7-8,11H2,1-2H3,(H,16,22)/t14-/m1/s1. The average molecular weight is 334 g/mol. The van der Waals surface area contributed by atoms with Gasteiger partial charge in [0.05, 0.1) is 12.2 Å². The molecule has 0 bridgehead atoms. The Morgan fingerprint density at radius 3 is 3.00 bits per heavy atom. The highest BCUT2D eigenvalue weighted by Crippen LogP contribution is 2.29. The summed E-state index contributed by atoms with van der Waals surface area (Å²) in [5.41, 5.74) is 2.21. The lowest BCUT2D eigenvalue weighted by Gasteiger charge is -2.34. The molecule has 0 radical (unpaired) electrons. The molecule has 1 atom stereocenters. The molecule has 1 aliphatic rings. The van der Waals surface area contributed by atoms with E-state index in [0.717, 1.165) is 35.7 Å². The van der Waals surface area contributed by atoms with E-state index in [1.807, 2.05) is 53.9 Å². The lowest BCUT2D eigenvalue weighted by atomic mass is 10.1. The molecule has 124 valence electrons. The first kappa shape index (κ1) is 15.9. The van der Waals surface area contributed by atoms with Crippen molar-refractivity contribution in [2.45, 2.75) is 12.5 Å². The summed E-state index contributed by atoms with van der Waals surface area (Å²) in [5.74, 6) is 1.90. The molecular formula is C15H22N6OS. The zero-order valence-corrected chi connectivity index (χ0v) is 14.3. The van der Waals surface area contributed by atoms with Crippen LogP contribution in [0.2, 0.25) is 0 Å². The topological polar surface area (TPSA) is 68.0 Å². The lowest BCUT2D eigenvalue weighted by Crippen LogP contribution is -2.46. The number of nitrogens with zero attached hydrogens (tertiary/aromatic N) is 5. The number of thioether (sulfide) groups is 1. The summed E-state index contributed by atoms with van der Waals surface area (Å²) in [5, 5.41) is 11.4. The Balaban J connectivity index is 1.59. The molecule has 2 aromatic heterocycles. The molecule has 23 heavy (non-hydrogen) atoms. The van der Waals surface area contributed by atoms with E-state index in [2.05, 4.69) is 15.5 Å². The van der Waals surface area contributed by atoms with Gasteiger partial charge in [-0.3, -0.25) is 9.36 Å². The number of aromatic nitrogens is 4. The maximum atomic E-state index is 12.6. The van der Waals surface area contributed by atoms with E-state index >= 15 is 0 Å². The molecule has 0 unspecified atom stereocenters. The summed E-state index contributed by atoms with van der Waals surface area (Å²) in [7, 11) is 3.81. The van der Waals surface area contributed by atoms with Crippen molar-refractivity contribution in [1.82, 2.24) is 29.8 Å². The minimum Gasteiger partial charge on any atom is -0.338 e. The Bertz CT molecular complexity index is 666. The van der Waals surface area contributed by atoms with E-state index in [1.54, 1.807) is 10.9 Å². The Hall–Kier alpha value is -1.96. The molecular weight excluding hydrogens is 312 g/mol. The van der Waals surface area contributed by atoms with Gasteiger partial charge in [-0.15, -0.1) is 0 Å². The van der Waals surface area contributed by atoms with E-state index in [9.17, 15) is 4.79 Å². The molecule has 1 aliphatic heterocycles. The highest BCUT2D eigenvalue weighted by atomic mass is 32.2. The first-order valence-corrected chi connectivity index (χ1v) is 8.88. The van der Waals surface area contributed by atoms with Crippen molar-refractivity contribution in [1.29, 1.82) is 0 Å². The predicted molar refractivity (Wildman–Crippen MR) is 90.3 cm³/mol. The van der Waals surface area contributed by atoms with Crippen molar-refractivity contribution >= 4 is 17.8 Å². The molecule has 7 nitrogen and oxygen atoms in total. The van der Waals surface area contributed by atoms with E-state index in [-0.39, 0.29) is 12.1 Å². The quantitative estimate of drug-likeness (QED) is 0.912. The summed E-state index contributed by atoms with van der Waals surface area (Å²) in [6.07, 6.45) is 6.40. The molecule has 1 fully saturated rings. The number of rotatable bonds is 4. The summed E-state index contributed by atoms with van der Waals surface area (Å²) in [6, 6.07) is 2.07. The molecule has 0 aliphatic carbocycles. The monoisotopic (exact) mass is 334 g/mol. The van der Waals surface area contributed by atoms with Gasteiger partial charge in [0.1, 0.15) is 0 Å². The normalized spacial score (nSPS) is 18.2. The summed E-state index contributed by atoms with van der Waals surface area (Å²) in [6.45, 7) is 1.38. The van der Waals surface area contributed by atoms with E-state index in [0.29, 0.717) is 6.54 Å². The Kier molecular flexibility index (Phi) is 4.90. The number of urea groups is 1. The molecule has 0 saturated carbocycles. The fourth-order valence-electron chi connectivity index (χ4n) is 2.78. The van der Waals surface area contributed by atoms with Crippen LogP contribution in [0.15, 0.2) is 24.7 Å². The zero-order valence-electron chi connectivity index (χ0n) is 13.5. The summed E-state index contributed by atoms with van der Waals surface area (Å²) in [4.78, 5) is 14.5. The van der Waals surface area contributed by atoms with E-state index < -0.39 is 0 Å². The van der Waals surface area contributed by atoms with Crippen molar-refractivity contribution < 1.29 is 4.79 Å². The molecule has 3 rings (SSSR count). The fraction of sp³-hybridized carbons (Fsp3) is 0.533. The van der Waals surface area contributed by atoms with Gasteiger partial charge in [0.15, 0.2) is 0 Å². The molecule has 8 heteroatoms. The molecule has 0 spiro atoms. The van der Waals surface area contributed by atoms with Gasteiger partial charge in [0, 0.05) is 68.8 Å². The van der Waals surface area contributed by atoms with Gasteiger partial charge >= 0.3 is 6.03 Å². The van der Waals surface area contributed by atoms with Gasteiger partial charge in [-0.25, -0.2) is 4.79 Å². The molecule has 2 aromatic rings. The predicted octanol–water partition coefficient (Wildman–Crippen LogP) is 1.20. The van der Waals surface area contributed by atoms with Crippen LogP contribution in [0.25, 0.3) is 0 Å². The minimum absolute atomic E-state index is 0.00122. The van der Waals surface area contributed by atoms with Gasteiger partial charge in [0.25, 0.3) is 0 Å². The van der Waals surface area contributed by atoms with Crippen LogP contribution in [0.4, 0.5) is 4.79 Å². The summed E-state index contributed by atoms with van der Waals surface area (Å²) >= 11 is 1.88. The van der Waals surface area contributed by atoms with Crippen LogP contribution in [0.5, 0.6) is 0 Å². The third-order valence-electron chi connectivity index (χ3n) is 4.08. The van der Waals surface area contributed by atoms with Crippen LogP contribution in [0, 0.1) is 0 Å². The maximum Gasteiger partial charge on any atom is 0.317 e. The van der Waals surface area contributed by atoms with Crippen LogP contribution in [0.3, 0.4) is 0 Å². The van der Waals surface area contributed by atoms with Gasteiger partial charge < -0.3 is 10.2 Å². The van der Waals surface area contributed by atoms with Gasteiger partial charge in [-0.05, 0) is 6.07 Å². The van der Waals surface area contributed by atoms with Crippen molar-refractivity contribution in [3.8, 4) is 0 Å². The SMILES string of the molecule is Cn1cc([C@H]2CSCCN2C(=O)NCCc2ccnn2C)cn1. The highest BCUT2D eigenvalue weighted by Gasteiger charge is 2.29. The van der Waals surface area contributed by atoms with Gasteiger partial charge in [-0.1, -0.05) is 0 Å². The molecule has 3 heterocycles. The van der Waals surface area contributed by atoms with Crippen LogP contribution >= 0.6 is 11.8 Å². The molecule has 1 saturated heterocycles. The van der Waals surface area contributed by atoms with Crippen LogP contribution in [-0.2, 0) is 20.5 Å². The first-order chi connectivity index (χ1) is 11.1. The minimum atomic E-state index is 0.00122. The third-order valence-corrected chi connectivity index (χ3v) is 5.10. The number of aryl methyl sites for hydroxylation is 2. The van der Waals surface area contributed by atoms with Crippen LogP contribution in [-0.4, -0.2) is 55.1 Å². The van der Waals surface area contributed by atoms with Crippen molar-refractivity contribution in [3.05, 3.63) is 35.9 Å². The third kappa shape index (κ3) is 3.69. The Morgan fingerprint density at radius 1 is 1.43 bits per heavy atom. The average Bonchev–Trinajstić information content (AvgIpc) is 3.16. The van der Waals surface area contributed by atoms with Gasteiger partial charge in [0.2, 0.25) is 0 Å². The highest BCUT2D eigenvalue weighted by molar-refractivity contribution is 7.99. The van der Waals surface area contributed by atoms with E-state index in [1.165, 1.54) is 0 Å². The van der Waals surface area contributed by atoms with Crippen molar-refractivity contribution in [2.75, 3.05) is 24.6 Å². The number of hydrogen-bond donors (Lipinski definition) is 1. The number of hydrogen-bond acceptors (Lipinski definition) is 4. The van der Waals surface area contributed by atoms with Crippen molar-refractivity contribution in [3.63, 3.8) is 0 Å². The second-order valence-electron chi connectivity index (χ2n) is 5.66. The largest absolute Gasteiger partial charge is 0.338 e. The second-order valence-corrected chi connectivity index (χ2v) is 6.81. The smallest absolute Gasteiger partial charge is 0.317 e. The molecule has 2 amide bonds. The Labute approximate surface area is 140 Å². The number of carbonyl (C=O) groups excluding carboxylic acids is 1. The fourth-order valence-corrected chi connectivity index (χ4v) is 3.87. The lowest BCUT2D eigenvalue weighted by molar-refractivity contribution is 0.182. The number of nitrogens with one attached hydrogen (secondary N) is 1. The molecule has 1 N–H and O–H groups in total.